The topological polar surface area (TPSA) is 68.4 Å². The highest BCUT2D eigenvalue weighted by Crippen LogP contribution is 2.30. The van der Waals surface area contributed by atoms with Crippen molar-refractivity contribution in [3.05, 3.63) is 65.5 Å². The third kappa shape index (κ3) is 3.63. The van der Waals surface area contributed by atoms with E-state index < -0.39 is 18.2 Å². The van der Waals surface area contributed by atoms with Gasteiger partial charge in [0, 0.05) is 5.56 Å². The number of nitrogens with zero attached hydrogens (tertiary/aromatic N) is 2. The number of methoxy groups -OCH3 is 1. The molecule has 25 heavy (non-hydrogen) atoms. The molecule has 0 saturated heterocycles. The highest BCUT2D eigenvalue weighted by atomic mass is 19.4. The first-order valence-electron chi connectivity index (χ1n) is 7.22. The van der Waals surface area contributed by atoms with Crippen LogP contribution in [0.25, 0.3) is 11.4 Å². The van der Waals surface area contributed by atoms with Crippen LogP contribution in [0.5, 0.6) is 5.75 Å². The lowest BCUT2D eigenvalue weighted by atomic mass is 10.0. The fourth-order valence-electron chi connectivity index (χ4n) is 2.25. The van der Waals surface area contributed by atoms with Crippen LogP contribution in [-0.4, -0.2) is 22.4 Å². The summed E-state index contributed by atoms with van der Waals surface area (Å²) in [6.07, 6.45) is -5.56. The van der Waals surface area contributed by atoms with Crippen molar-refractivity contribution in [3.8, 4) is 17.1 Å². The lowest BCUT2D eigenvalue weighted by molar-refractivity contribution is -0.159. The van der Waals surface area contributed by atoms with E-state index in [9.17, 15) is 18.3 Å². The Morgan fingerprint density at radius 1 is 1.00 bits per heavy atom. The molecule has 0 aliphatic heterocycles. The van der Waals surface area contributed by atoms with Gasteiger partial charge in [-0.15, -0.1) is 0 Å². The number of aliphatic hydroxyl groups is 1. The van der Waals surface area contributed by atoms with Crippen LogP contribution in [0.1, 0.15) is 23.1 Å². The van der Waals surface area contributed by atoms with E-state index in [-0.39, 0.29) is 5.82 Å². The number of hydrogen-bond donors (Lipinski definition) is 1. The minimum atomic E-state index is -4.68. The summed E-state index contributed by atoms with van der Waals surface area (Å²) in [5.74, 6) is -0.897. The minimum absolute atomic E-state index is 0.169. The molecule has 0 aliphatic rings. The van der Waals surface area contributed by atoms with E-state index in [1.54, 1.807) is 43.5 Å². The number of alkyl halides is 3. The van der Waals surface area contributed by atoms with Crippen LogP contribution in [-0.2, 0) is 6.18 Å². The van der Waals surface area contributed by atoms with E-state index in [0.29, 0.717) is 22.4 Å². The van der Waals surface area contributed by atoms with Crippen LogP contribution in [0.15, 0.2) is 53.1 Å². The van der Waals surface area contributed by atoms with Crippen LogP contribution >= 0.6 is 0 Å². The van der Waals surface area contributed by atoms with Gasteiger partial charge < -0.3 is 14.4 Å². The lowest BCUT2D eigenvalue weighted by Gasteiger charge is -2.12. The number of halogens is 3. The van der Waals surface area contributed by atoms with Crippen molar-refractivity contribution in [1.82, 2.24) is 10.1 Å². The van der Waals surface area contributed by atoms with Gasteiger partial charge in [0.1, 0.15) is 11.9 Å². The number of rotatable bonds is 4. The Labute approximate surface area is 140 Å². The Bertz CT molecular complexity index is 843. The molecule has 8 heteroatoms. The van der Waals surface area contributed by atoms with Crippen LogP contribution in [0.4, 0.5) is 13.2 Å². The van der Waals surface area contributed by atoms with Crippen molar-refractivity contribution in [3.63, 3.8) is 0 Å². The van der Waals surface area contributed by atoms with E-state index in [4.69, 9.17) is 4.74 Å². The number of aromatic nitrogens is 2. The summed E-state index contributed by atoms with van der Waals surface area (Å²) in [6.45, 7) is 0. The molecule has 0 saturated carbocycles. The van der Waals surface area contributed by atoms with Crippen molar-refractivity contribution in [2.75, 3.05) is 7.11 Å². The molecule has 1 N–H and O–H groups in total. The molecular formula is C17H13F3N2O3. The third-order valence-corrected chi connectivity index (χ3v) is 3.58. The second-order valence-corrected chi connectivity index (χ2v) is 5.22. The predicted octanol–water partition coefficient (Wildman–Crippen LogP) is 3.85. The molecule has 5 nitrogen and oxygen atoms in total. The SMILES string of the molecule is COc1ccc(C(O)c2ccc(-c3noc(C(F)(F)F)n3)cc2)cc1. The van der Waals surface area contributed by atoms with Crippen molar-refractivity contribution < 1.29 is 27.5 Å². The number of aliphatic hydroxyl groups excluding tert-OH is 1. The molecule has 3 rings (SSSR count). The summed E-state index contributed by atoms with van der Waals surface area (Å²) in [5, 5.41) is 13.7. The summed E-state index contributed by atoms with van der Waals surface area (Å²) in [6, 6.07) is 13.1. The highest BCUT2D eigenvalue weighted by Gasteiger charge is 2.38. The van der Waals surface area contributed by atoms with Gasteiger partial charge in [0.05, 0.1) is 7.11 Å². The maximum Gasteiger partial charge on any atom is 0.471 e. The van der Waals surface area contributed by atoms with Gasteiger partial charge in [-0.3, -0.25) is 0 Å². The van der Waals surface area contributed by atoms with Crippen LogP contribution in [0.2, 0.25) is 0 Å². The number of ether oxygens (including phenoxy) is 1. The molecule has 0 amide bonds. The third-order valence-electron chi connectivity index (χ3n) is 3.58. The Morgan fingerprint density at radius 2 is 1.56 bits per heavy atom. The van der Waals surface area contributed by atoms with Gasteiger partial charge in [0.2, 0.25) is 5.82 Å². The zero-order valence-corrected chi connectivity index (χ0v) is 13.0. The van der Waals surface area contributed by atoms with Gasteiger partial charge in [-0.05, 0) is 23.3 Å². The maximum atomic E-state index is 12.5. The smallest absolute Gasteiger partial charge is 0.471 e. The molecule has 1 atom stereocenters. The minimum Gasteiger partial charge on any atom is -0.497 e. The largest absolute Gasteiger partial charge is 0.497 e. The average Bonchev–Trinajstić information content (AvgIpc) is 3.12. The first kappa shape index (κ1) is 17.0. The monoisotopic (exact) mass is 350 g/mol. The van der Waals surface area contributed by atoms with Gasteiger partial charge in [-0.2, -0.15) is 18.2 Å². The predicted molar refractivity (Wildman–Crippen MR) is 81.8 cm³/mol. The Balaban J connectivity index is 1.80. The molecule has 0 fully saturated rings. The van der Waals surface area contributed by atoms with Crippen LogP contribution in [0, 0.1) is 0 Å². The van der Waals surface area contributed by atoms with Crippen LogP contribution < -0.4 is 4.74 Å². The lowest BCUT2D eigenvalue weighted by Crippen LogP contribution is -2.04. The highest BCUT2D eigenvalue weighted by molar-refractivity contribution is 5.55. The zero-order chi connectivity index (χ0) is 18.0. The van der Waals surface area contributed by atoms with Gasteiger partial charge in [-0.1, -0.05) is 41.6 Å². The van der Waals surface area contributed by atoms with E-state index in [2.05, 4.69) is 14.7 Å². The molecular weight excluding hydrogens is 337 g/mol. The molecule has 0 aliphatic carbocycles. The fourth-order valence-corrected chi connectivity index (χ4v) is 2.25. The van der Waals surface area contributed by atoms with Gasteiger partial charge in [-0.25, -0.2) is 0 Å². The normalized spacial score (nSPS) is 12.8. The number of benzene rings is 2. The summed E-state index contributed by atoms with van der Waals surface area (Å²) in [5.41, 5.74) is 1.59. The first-order chi connectivity index (χ1) is 11.9. The van der Waals surface area contributed by atoms with Gasteiger partial charge >= 0.3 is 12.1 Å². The Kier molecular flexibility index (Phi) is 4.45. The molecule has 2 aromatic carbocycles. The first-order valence-corrected chi connectivity index (χ1v) is 7.22. The standard InChI is InChI=1S/C17H13F3N2O3/c1-24-13-8-6-11(7-9-13)14(23)10-2-4-12(5-3-10)15-21-16(25-22-15)17(18,19)20/h2-9,14,23H,1H3. The maximum absolute atomic E-state index is 12.5. The van der Waals surface area contributed by atoms with E-state index >= 15 is 0 Å². The quantitative estimate of drug-likeness (QED) is 0.774. The molecule has 3 aromatic rings. The molecule has 0 bridgehead atoms. The molecule has 1 heterocycles. The Morgan fingerprint density at radius 3 is 2.04 bits per heavy atom. The summed E-state index contributed by atoms with van der Waals surface area (Å²) in [7, 11) is 1.55. The fraction of sp³-hybridized carbons (Fsp3) is 0.176. The second kappa shape index (κ2) is 6.56. The van der Waals surface area contributed by atoms with Gasteiger partial charge in [0.15, 0.2) is 0 Å². The summed E-state index contributed by atoms with van der Waals surface area (Å²) >= 11 is 0. The molecule has 1 unspecified atom stereocenters. The van der Waals surface area contributed by atoms with Crippen molar-refractivity contribution >= 4 is 0 Å². The molecule has 0 spiro atoms. The molecule has 0 radical (unpaired) electrons. The van der Waals surface area contributed by atoms with E-state index in [1.165, 1.54) is 12.1 Å². The summed E-state index contributed by atoms with van der Waals surface area (Å²) in [4.78, 5) is 3.32. The second-order valence-electron chi connectivity index (χ2n) is 5.22. The van der Waals surface area contributed by atoms with E-state index in [0.717, 1.165) is 0 Å². The van der Waals surface area contributed by atoms with Crippen molar-refractivity contribution in [1.29, 1.82) is 0 Å². The molecule has 1 aromatic heterocycles. The zero-order valence-electron chi connectivity index (χ0n) is 13.0. The average molecular weight is 350 g/mol. The number of hydrogen-bond acceptors (Lipinski definition) is 5. The van der Waals surface area contributed by atoms with E-state index in [1.807, 2.05) is 0 Å². The van der Waals surface area contributed by atoms with Crippen molar-refractivity contribution in [2.24, 2.45) is 0 Å². The van der Waals surface area contributed by atoms with Gasteiger partial charge in [0.25, 0.3) is 0 Å². The summed E-state index contributed by atoms with van der Waals surface area (Å²) < 4.78 is 46.7. The Hall–Kier alpha value is -2.87. The van der Waals surface area contributed by atoms with Crippen molar-refractivity contribution in [2.45, 2.75) is 12.3 Å². The molecule has 130 valence electrons. The van der Waals surface area contributed by atoms with Crippen LogP contribution in [0.3, 0.4) is 0 Å².